The Kier molecular flexibility index (Phi) is 7.71. The van der Waals surface area contributed by atoms with Crippen LogP contribution >= 0.6 is 0 Å². The summed E-state index contributed by atoms with van der Waals surface area (Å²) in [6.45, 7) is 4.18. The van der Waals surface area contributed by atoms with E-state index in [1.165, 1.54) is 6.07 Å². The number of ether oxygens (including phenoxy) is 1. The molecule has 2 atom stereocenters. The van der Waals surface area contributed by atoms with Crippen molar-refractivity contribution in [1.82, 2.24) is 29.8 Å². The Hall–Kier alpha value is -4.09. The molecular weight excluding hydrogens is 504 g/mol. The number of aryl methyl sites for hydroxylation is 1. The minimum atomic E-state index is -0.907. The van der Waals surface area contributed by atoms with Gasteiger partial charge in [0.1, 0.15) is 17.2 Å². The fraction of sp³-hybridized carbons (Fsp3) is 0.321. The molecule has 0 bridgehead atoms. The Bertz CT molecular complexity index is 1450. The summed E-state index contributed by atoms with van der Waals surface area (Å²) >= 11 is 0. The second-order valence-corrected chi connectivity index (χ2v) is 9.68. The van der Waals surface area contributed by atoms with Crippen LogP contribution in [0.3, 0.4) is 0 Å². The predicted octanol–water partition coefficient (Wildman–Crippen LogP) is 4.10. The molecule has 2 aromatic heterocycles. The molecule has 0 aliphatic carbocycles. The Morgan fingerprint density at radius 1 is 1.08 bits per heavy atom. The van der Waals surface area contributed by atoms with Gasteiger partial charge in [0.2, 0.25) is 0 Å². The first-order chi connectivity index (χ1) is 18.8. The molecule has 0 radical (unpaired) electrons. The molecule has 11 heteroatoms. The number of amides is 2. The predicted molar refractivity (Wildman–Crippen MR) is 144 cm³/mol. The zero-order valence-electron chi connectivity index (χ0n) is 22.1. The molecule has 39 heavy (non-hydrogen) atoms. The van der Waals surface area contributed by atoms with Gasteiger partial charge in [-0.1, -0.05) is 24.3 Å². The number of carbonyl (C=O) groups is 1. The van der Waals surface area contributed by atoms with Crippen molar-refractivity contribution in [1.29, 1.82) is 0 Å². The molecule has 1 aliphatic rings. The minimum Gasteiger partial charge on any atom is -0.383 e. The number of hydrogen-bond donors (Lipinski definition) is 2. The number of urea groups is 1. The first-order valence-electron chi connectivity index (χ1n) is 12.7. The Labute approximate surface area is 225 Å². The lowest BCUT2D eigenvalue weighted by molar-refractivity contribution is 0.159. The van der Waals surface area contributed by atoms with Crippen LogP contribution in [0, 0.1) is 18.6 Å². The molecule has 2 aromatic carbocycles. The number of para-hydroxylation sites is 1. The van der Waals surface area contributed by atoms with Crippen LogP contribution in [0.5, 0.6) is 0 Å². The topological polar surface area (TPSA) is 89.2 Å². The fourth-order valence-electron chi connectivity index (χ4n) is 5.01. The van der Waals surface area contributed by atoms with Crippen molar-refractivity contribution in [2.45, 2.75) is 18.9 Å². The third-order valence-electron chi connectivity index (χ3n) is 7.01. The maximum Gasteiger partial charge on any atom is 0.320 e. The zero-order valence-corrected chi connectivity index (χ0v) is 22.1. The number of anilines is 1. The standard InChI is InChI=1S/C28H31F2N7O2/c1-18-26(24-11-12-35(2)33-24)34-37(20-7-5-4-6-8-20)27(18)32-28(38)31-25-17-36(13-14-39-3)16-21(25)19-9-10-22(29)23(30)15-19/h4-12,15,21,25H,13-14,16-17H2,1-3H3,(H2,31,32,38)/t21-,25+/m0/s1. The summed E-state index contributed by atoms with van der Waals surface area (Å²) in [5.41, 5.74) is 3.52. The second-order valence-electron chi connectivity index (χ2n) is 9.68. The van der Waals surface area contributed by atoms with Crippen molar-refractivity contribution < 1.29 is 18.3 Å². The van der Waals surface area contributed by atoms with Crippen molar-refractivity contribution in [2.24, 2.45) is 7.05 Å². The highest BCUT2D eigenvalue weighted by molar-refractivity contribution is 5.91. The third-order valence-corrected chi connectivity index (χ3v) is 7.01. The van der Waals surface area contributed by atoms with E-state index < -0.39 is 17.7 Å². The van der Waals surface area contributed by atoms with Gasteiger partial charge in [-0.3, -0.25) is 14.9 Å². The number of methoxy groups -OCH3 is 1. The first kappa shape index (κ1) is 26.5. The zero-order chi connectivity index (χ0) is 27.5. The van der Waals surface area contributed by atoms with E-state index in [1.807, 2.05) is 56.6 Å². The number of rotatable bonds is 8. The van der Waals surface area contributed by atoms with Crippen molar-refractivity contribution >= 4 is 11.8 Å². The van der Waals surface area contributed by atoms with Gasteiger partial charge in [-0.25, -0.2) is 18.3 Å². The highest BCUT2D eigenvalue weighted by atomic mass is 19.2. The quantitative estimate of drug-likeness (QED) is 0.355. The second kappa shape index (κ2) is 11.3. The maximum absolute atomic E-state index is 14.1. The lowest BCUT2D eigenvalue weighted by Crippen LogP contribution is -2.42. The van der Waals surface area contributed by atoms with Crippen molar-refractivity contribution in [2.75, 3.05) is 38.7 Å². The summed E-state index contributed by atoms with van der Waals surface area (Å²) in [4.78, 5) is 15.6. The summed E-state index contributed by atoms with van der Waals surface area (Å²) in [6, 6.07) is 14.5. The molecule has 1 aliphatic heterocycles. The third kappa shape index (κ3) is 5.69. The largest absolute Gasteiger partial charge is 0.383 e. The Morgan fingerprint density at radius 3 is 2.56 bits per heavy atom. The summed E-state index contributed by atoms with van der Waals surface area (Å²) in [5.74, 6) is -1.52. The van der Waals surface area contributed by atoms with Crippen LogP contribution in [0.4, 0.5) is 19.4 Å². The van der Waals surface area contributed by atoms with Gasteiger partial charge in [-0.2, -0.15) is 10.2 Å². The molecule has 0 saturated carbocycles. The SMILES string of the molecule is COCCN1C[C@@H](NC(=O)Nc2c(C)c(-c3ccn(C)n3)nn2-c2ccccc2)[C@H](c2ccc(F)c(F)c2)C1. The van der Waals surface area contributed by atoms with Gasteiger partial charge in [0, 0.05) is 51.5 Å². The van der Waals surface area contributed by atoms with E-state index in [0.717, 1.165) is 17.3 Å². The molecule has 3 heterocycles. The average molecular weight is 536 g/mol. The lowest BCUT2D eigenvalue weighted by atomic mass is 9.94. The van der Waals surface area contributed by atoms with Crippen LogP contribution < -0.4 is 10.6 Å². The van der Waals surface area contributed by atoms with Crippen LogP contribution in [-0.4, -0.2) is 69.9 Å². The Balaban J connectivity index is 1.42. The smallest absolute Gasteiger partial charge is 0.320 e. The van der Waals surface area contributed by atoms with Gasteiger partial charge < -0.3 is 10.1 Å². The van der Waals surface area contributed by atoms with Gasteiger partial charge in [-0.05, 0) is 42.8 Å². The molecule has 4 aromatic rings. The van der Waals surface area contributed by atoms with Gasteiger partial charge >= 0.3 is 6.03 Å². The van der Waals surface area contributed by atoms with Gasteiger partial charge in [-0.15, -0.1) is 0 Å². The highest BCUT2D eigenvalue weighted by Crippen LogP contribution is 2.31. The van der Waals surface area contributed by atoms with Crippen molar-refractivity contribution in [3.05, 3.63) is 83.6 Å². The average Bonchev–Trinajstić information content (AvgIpc) is 3.62. The molecule has 5 rings (SSSR count). The van der Waals surface area contributed by atoms with E-state index in [0.29, 0.717) is 49.0 Å². The molecule has 204 valence electrons. The monoisotopic (exact) mass is 535 g/mol. The summed E-state index contributed by atoms with van der Waals surface area (Å²) in [7, 11) is 3.46. The number of benzene rings is 2. The van der Waals surface area contributed by atoms with Crippen molar-refractivity contribution in [3.8, 4) is 17.1 Å². The van der Waals surface area contributed by atoms with E-state index in [1.54, 1.807) is 22.5 Å². The van der Waals surface area contributed by atoms with Crippen LogP contribution in [0.15, 0.2) is 60.8 Å². The molecule has 9 nitrogen and oxygen atoms in total. The van der Waals surface area contributed by atoms with E-state index in [2.05, 4.69) is 20.6 Å². The number of hydrogen-bond acceptors (Lipinski definition) is 5. The van der Waals surface area contributed by atoms with Crippen LogP contribution in [-0.2, 0) is 11.8 Å². The van der Waals surface area contributed by atoms with Gasteiger partial charge in [0.05, 0.1) is 18.3 Å². The number of nitrogens with zero attached hydrogens (tertiary/aromatic N) is 5. The highest BCUT2D eigenvalue weighted by Gasteiger charge is 2.35. The molecule has 0 unspecified atom stereocenters. The van der Waals surface area contributed by atoms with Crippen LogP contribution in [0.1, 0.15) is 17.0 Å². The number of carbonyl (C=O) groups excluding carboxylic acids is 1. The normalized spacial score (nSPS) is 17.5. The van der Waals surface area contributed by atoms with E-state index in [4.69, 9.17) is 9.84 Å². The summed E-state index contributed by atoms with van der Waals surface area (Å²) in [5, 5.41) is 15.3. The molecule has 2 amide bonds. The van der Waals surface area contributed by atoms with Crippen molar-refractivity contribution in [3.63, 3.8) is 0 Å². The molecule has 1 fully saturated rings. The van der Waals surface area contributed by atoms with Gasteiger partial charge in [0.15, 0.2) is 11.6 Å². The van der Waals surface area contributed by atoms with Crippen LogP contribution in [0.25, 0.3) is 17.1 Å². The Morgan fingerprint density at radius 2 is 1.87 bits per heavy atom. The summed E-state index contributed by atoms with van der Waals surface area (Å²) < 4.78 is 36.3. The number of halogens is 2. The van der Waals surface area contributed by atoms with Gasteiger partial charge in [0.25, 0.3) is 0 Å². The maximum atomic E-state index is 14.1. The number of likely N-dealkylation sites (tertiary alicyclic amines) is 1. The minimum absolute atomic E-state index is 0.230. The number of aromatic nitrogens is 4. The number of nitrogens with one attached hydrogen (secondary N) is 2. The first-order valence-corrected chi connectivity index (χ1v) is 12.7. The van der Waals surface area contributed by atoms with E-state index in [9.17, 15) is 13.6 Å². The van der Waals surface area contributed by atoms with Crippen LogP contribution in [0.2, 0.25) is 0 Å². The van der Waals surface area contributed by atoms with E-state index in [-0.39, 0.29) is 12.0 Å². The molecular formula is C28H31F2N7O2. The lowest BCUT2D eigenvalue weighted by Gasteiger charge is -2.21. The molecule has 0 spiro atoms. The fourth-order valence-corrected chi connectivity index (χ4v) is 5.01. The summed E-state index contributed by atoms with van der Waals surface area (Å²) in [6.07, 6.45) is 1.84. The molecule has 1 saturated heterocycles. The van der Waals surface area contributed by atoms with E-state index >= 15 is 0 Å². The molecule has 2 N–H and O–H groups in total.